The number of hydrogen-bond donors (Lipinski definition) is 1. The lowest BCUT2D eigenvalue weighted by molar-refractivity contribution is -0.384. The maximum atomic E-state index is 12.9. The van der Waals surface area contributed by atoms with E-state index in [1.807, 2.05) is 11.9 Å². The largest absolute Gasteiger partial charge is 0.435 e. The molecule has 1 saturated heterocycles. The number of benzene rings is 2. The summed E-state index contributed by atoms with van der Waals surface area (Å²) in [6.45, 7) is -0.951. The fourth-order valence-corrected chi connectivity index (χ4v) is 4.58. The number of halogens is 2. The van der Waals surface area contributed by atoms with Crippen molar-refractivity contribution in [1.82, 2.24) is 9.21 Å². The summed E-state index contributed by atoms with van der Waals surface area (Å²) < 4.78 is 55.8. The van der Waals surface area contributed by atoms with Crippen LogP contribution in [0.3, 0.4) is 0 Å². The maximum Gasteiger partial charge on any atom is 0.387 e. The van der Waals surface area contributed by atoms with Gasteiger partial charge in [-0.25, -0.2) is 8.42 Å². The predicted molar refractivity (Wildman–Crippen MR) is 110 cm³/mol. The molecule has 0 unspecified atom stereocenters. The normalized spacial score (nSPS) is 15.7. The molecule has 0 saturated carbocycles. The average Bonchev–Trinajstić information content (AvgIpc) is 2.73. The van der Waals surface area contributed by atoms with Crippen molar-refractivity contribution < 1.29 is 26.9 Å². The minimum Gasteiger partial charge on any atom is -0.435 e. The summed E-state index contributed by atoms with van der Waals surface area (Å²) in [6.07, 6.45) is 0. The number of anilines is 1. The van der Waals surface area contributed by atoms with Gasteiger partial charge in [0.15, 0.2) is 0 Å². The highest BCUT2D eigenvalue weighted by atomic mass is 32.2. The van der Waals surface area contributed by atoms with Crippen molar-refractivity contribution in [3.05, 3.63) is 58.1 Å². The Morgan fingerprint density at radius 2 is 1.77 bits per heavy atom. The summed E-state index contributed by atoms with van der Waals surface area (Å²) in [5.41, 5.74) is 0.452. The van der Waals surface area contributed by atoms with E-state index < -0.39 is 21.6 Å². The highest BCUT2D eigenvalue weighted by molar-refractivity contribution is 7.89. The van der Waals surface area contributed by atoms with Gasteiger partial charge in [0.1, 0.15) is 11.4 Å². The molecule has 1 aliphatic heterocycles. The first-order chi connectivity index (χ1) is 14.7. The lowest BCUT2D eigenvalue weighted by Crippen LogP contribution is -2.47. The second-order valence-corrected chi connectivity index (χ2v) is 8.96. The van der Waals surface area contributed by atoms with Gasteiger partial charge >= 0.3 is 6.61 Å². The molecule has 0 amide bonds. The lowest BCUT2D eigenvalue weighted by Gasteiger charge is -2.31. The van der Waals surface area contributed by atoms with Crippen molar-refractivity contribution in [1.29, 1.82) is 0 Å². The van der Waals surface area contributed by atoms with E-state index in [9.17, 15) is 27.3 Å². The number of alkyl halides is 2. The topological polar surface area (TPSA) is 105 Å². The Hall–Kier alpha value is -2.83. The molecule has 12 heteroatoms. The molecule has 1 N–H and O–H groups in total. The summed E-state index contributed by atoms with van der Waals surface area (Å²) in [5, 5.41) is 14.4. The Bertz CT molecular complexity index is 1030. The molecule has 1 aliphatic rings. The van der Waals surface area contributed by atoms with Gasteiger partial charge in [0.2, 0.25) is 10.0 Å². The van der Waals surface area contributed by atoms with Crippen LogP contribution in [0.25, 0.3) is 0 Å². The van der Waals surface area contributed by atoms with E-state index >= 15 is 0 Å². The molecule has 0 spiro atoms. The van der Waals surface area contributed by atoms with Gasteiger partial charge in [-0.3, -0.25) is 10.1 Å². The van der Waals surface area contributed by atoms with Crippen molar-refractivity contribution in [3.8, 4) is 5.75 Å². The van der Waals surface area contributed by atoms with E-state index in [4.69, 9.17) is 0 Å². The summed E-state index contributed by atoms with van der Waals surface area (Å²) in [4.78, 5) is 12.8. The number of rotatable bonds is 8. The number of hydrogen-bond acceptors (Lipinski definition) is 7. The Labute approximate surface area is 178 Å². The number of piperazine rings is 1. The van der Waals surface area contributed by atoms with Crippen LogP contribution in [0.1, 0.15) is 5.56 Å². The van der Waals surface area contributed by atoms with E-state index in [1.165, 1.54) is 28.6 Å². The van der Waals surface area contributed by atoms with Crippen LogP contribution < -0.4 is 10.1 Å². The van der Waals surface area contributed by atoms with E-state index in [0.29, 0.717) is 31.7 Å². The molecule has 2 aromatic rings. The van der Waals surface area contributed by atoms with Crippen LogP contribution in [-0.4, -0.2) is 62.4 Å². The van der Waals surface area contributed by atoms with Gasteiger partial charge in [0.25, 0.3) is 5.69 Å². The second kappa shape index (κ2) is 9.54. The summed E-state index contributed by atoms with van der Waals surface area (Å²) in [7, 11) is -1.94. The molecule has 168 valence electrons. The highest BCUT2D eigenvalue weighted by Gasteiger charge is 2.29. The molecule has 1 fully saturated rings. The SMILES string of the molecule is CN1CCN(S(=O)(=O)c2ccc(NCc3ccc(OC(F)F)cc3)c([N+](=O)[O-])c2)CC1. The average molecular weight is 456 g/mol. The molecule has 0 aliphatic carbocycles. The Balaban J connectivity index is 1.75. The van der Waals surface area contributed by atoms with Crippen LogP contribution >= 0.6 is 0 Å². The summed E-state index contributed by atoms with van der Waals surface area (Å²) >= 11 is 0. The molecule has 0 radical (unpaired) electrons. The zero-order chi connectivity index (χ0) is 22.6. The lowest BCUT2D eigenvalue weighted by atomic mass is 10.2. The standard InChI is InChI=1S/C19H22F2N4O5S/c1-23-8-10-24(11-9-23)31(28,29)16-6-7-17(18(12-16)25(26)27)22-13-14-2-4-15(5-3-14)30-19(20)21/h2-7,12,19,22H,8-11,13H2,1H3. The molecule has 0 aromatic heterocycles. The maximum absolute atomic E-state index is 12.9. The zero-order valence-electron chi connectivity index (χ0n) is 16.7. The third-order valence-corrected chi connectivity index (χ3v) is 6.79. The van der Waals surface area contributed by atoms with E-state index in [1.54, 1.807) is 12.1 Å². The monoisotopic (exact) mass is 456 g/mol. The Morgan fingerprint density at radius 1 is 1.13 bits per heavy atom. The third-order valence-electron chi connectivity index (χ3n) is 4.90. The van der Waals surface area contributed by atoms with Crippen molar-refractivity contribution in [3.63, 3.8) is 0 Å². The van der Waals surface area contributed by atoms with Gasteiger partial charge in [0.05, 0.1) is 9.82 Å². The molecule has 31 heavy (non-hydrogen) atoms. The second-order valence-electron chi connectivity index (χ2n) is 7.02. The first-order valence-corrected chi connectivity index (χ1v) is 10.9. The predicted octanol–water partition coefficient (Wildman–Crippen LogP) is 2.74. The highest BCUT2D eigenvalue weighted by Crippen LogP contribution is 2.30. The number of nitrogens with zero attached hydrogens (tertiary/aromatic N) is 3. The fraction of sp³-hybridized carbons (Fsp3) is 0.368. The first-order valence-electron chi connectivity index (χ1n) is 9.41. The van der Waals surface area contributed by atoms with Gasteiger partial charge in [-0.1, -0.05) is 12.1 Å². The molecule has 0 bridgehead atoms. The van der Waals surface area contributed by atoms with Crippen LogP contribution in [0.5, 0.6) is 5.75 Å². The van der Waals surface area contributed by atoms with E-state index in [0.717, 1.165) is 6.07 Å². The molecular weight excluding hydrogens is 434 g/mol. The summed E-state index contributed by atoms with van der Waals surface area (Å²) in [6, 6.07) is 9.56. The number of nitro groups is 1. The fourth-order valence-electron chi connectivity index (χ4n) is 3.14. The van der Waals surface area contributed by atoms with Gasteiger partial charge in [-0.05, 0) is 36.9 Å². The minimum atomic E-state index is -3.84. The molecular formula is C19H22F2N4O5S. The number of nitrogens with one attached hydrogen (secondary N) is 1. The Kier molecular flexibility index (Phi) is 7.03. The molecule has 0 atom stereocenters. The molecule has 1 heterocycles. The zero-order valence-corrected chi connectivity index (χ0v) is 17.5. The van der Waals surface area contributed by atoms with Crippen molar-refractivity contribution >= 4 is 21.4 Å². The first kappa shape index (κ1) is 22.8. The Morgan fingerprint density at radius 3 is 2.35 bits per heavy atom. The number of likely N-dealkylation sites (N-methyl/N-ethyl adjacent to an activating group) is 1. The number of nitro benzene ring substituents is 1. The quantitative estimate of drug-likeness (QED) is 0.481. The van der Waals surface area contributed by atoms with Gasteiger partial charge in [0, 0.05) is 38.8 Å². The van der Waals surface area contributed by atoms with Crippen LogP contribution in [-0.2, 0) is 16.6 Å². The third kappa shape index (κ3) is 5.66. The van der Waals surface area contributed by atoms with Gasteiger partial charge < -0.3 is 15.0 Å². The molecule has 9 nitrogen and oxygen atoms in total. The number of sulfonamides is 1. The van der Waals surface area contributed by atoms with Crippen molar-refractivity contribution in [2.75, 3.05) is 38.5 Å². The minimum absolute atomic E-state index is 0.00296. The van der Waals surface area contributed by atoms with Gasteiger partial charge in [-0.2, -0.15) is 13.1 Å². The summed E-state index contributed by atoms with van der Waals surface area (Å²) in [5.74, 6) is 0.00296. The van der Waals surface area contributed by atoms with Crippen molar-refractivity contribution in [2.24, 2.45) is 0 Å². The molecule has 2 aromatic carbocycles. The van der Waals surface area contributed by atoms with Crippen LogP contribution in [0.2, 0.25) is 0 Å². The van der Waals surface area contributed by atoms with Crippen molar-refractivity contribution in [2.45, 2.75) is 18.1 Å². The number of ether oxygens (including phenoxy) is 1. The van der Waals surface area contributed by atoms with E-state index in [2.05, 4.69) is 10.1 Å². The van der Waals surface area contributed by atoms with Crippen LogP contribution in [0.4, 0.5) is 20.2 Å². The van der Waals surface area contributed by atoms with Crippen LogP contribution in [0.15, 0.2) is 47.4 Å². The van der Waals surface area contributed by atoms with Crippen LogP contribution in [0, 0.1) is 10.1 Å². The van der Waals surface area contributed by atoms with E-state index in [-0.39, 0.29) is 28.6 Å². The molecule has 3 rings (SSSR count). The smallest absolute Gasteiger partial charge is 0.387 e. The van der Waals surface area contributed by atoms with Gasteiger partial charge in [-0.15, -0.1) is 0 Å².